The van der Waals surface area contributed by atoms with Gasteiger partial charge in [-0.05, 0) is 154 Å². The Bertz CT molecular complexity index is 2000. The van der Waals surface area contributed by atoms with Crippen molar-refractivity contribution in [3.63, 3.8) is 0 Å². The van der Waals surface area contributed by atoms with Gasteiger partial charge in [0.1, 0.15) is 13.2 Å². The molecule has 6 heteroatoms. The van der Waals surface area contributed by atoms with Crippen molar-refractivity contribution in [1.82, 2.24) is 0 Å². The first-order valence-corrected chi connectivity index (χ1v) is 31.6. The number of carbonyl (C=O) groups excluding carboxylic acids is 3. The van der Waals surface area contributed by atoms with Gasteiger partial charge in [0.25, 0.3) is 0 Å². The molecule has 0 aromatic carbocycles. The zero-order valence-electron chi connectivity index (χ0n) is 51.2. The van der Waals surface area contributed by atoms with E-state index < -0.39 is 12.1 Å². The zero-order valence-corrected chi connectivity index (χ0v) is 51.2. The minimum absolute atomic E-state index is 0.136. The predicted octanol–water partition coefficient (Wildman–Crippen LogP) is 22.0. The molecule has 0 fully saturated rings. The summed E-state index contributed by atoms with van der Waals surface area (Å²) in [5, 5.41) is 0. The van der Waals surface area contributed by atoms with Crippen molar-refractivity contribution < 1.29 is 28.6 Å². The number of allylic oxidation sites excluding steroid dienone is 34. The molecule has 0 aromatic heterocycles. The Kier molecular flexibility index (Phi) is 61.6. The molecule has 0 N–H and O–H groups in total. The van der Waals surface area contributed by atoms with Gasteiger partial charge in [0, 0.05) is 19.3 Å². The lowest BCUT2D eigenvalue weighted by atomic mass is 10.1. The van der Waals surface area contributed by atoms with E-state index in [-0.39, 0.29) is 38.0 Å². The van der Waals surface area contributed by atoms with Gasteiger partial charge in [0.05, 0.1) is 0 Å². The summed E-state index contributed by atoms with van der Waals surface area (Å²) in [5.74, 6) is -1.08. The lowest BCUT2D eigenvalue weighted by molar-refractivity contribution is -0.167. The van der Waals surface area contributed by atoms with Gasteiger partial charge >= 0.3 is 17.9 Å². The van der Waals surface area contributed by atoms with Crippen molar-refractivity contribution in [2.75, 3.05) is 13.2 Å². The summed E-state index contributed by atoms with van der Waals surface area (Å²) >= 11 is 0. The lowest BCUT2D eigenvalue weighted by Crippen LogP contribution is -2.30. The second-order valence-electron chi connectivity index (χ2n) is 19.8. The number of hydrogen-bond donors (Lipinski definition) is 0. The SMILES string of the molecule is CC/C=C\C/C=C\C/C=C\C/C=C\C/C=C\C/C=C\C/C=C\CCCCCCCCCC(=O)OCC(COC(=O)CCC/C=C\C/C=C\C/C=C\C/C=C\C/C=C\CC)OC(=O)CCC/C=C\C/C=C\C/C=C\C/C=C\C/C=C\CC. The highest BCUT2D eigenvalue weighted by atomic mass is 16.6. The maximum Gasteiger partial charge on any atom is 0.306 e. The first-order valence-electron chi connectivity index (χ1n) is 31.6. The summed E-state index contributed by atoms with van der Waals surface area (Å²) in [7, 11) is 0. The minimum Gasteiger partial charge on any atom is -0.462 e. The number of esters is 3. The molecule has 0 rings (SSSR count). The largest absolute Gasteiger partial charge is 0.462 e. The second kappa shape index (κ2) is 66.5. The number of unbranched alkanes of at least 4 members (excludes halogenated alkanes) is 9. The summed E-state index contributed by atoms with van der Waals surface area (Å²) in [6.07, 6.45) is 103. The van der Waals surface area contributed by atoms with Gasteiger partial charge < -0.3 is 14.2 Å². The normalized spacial score (nSPS) is 13.6. The van der Waals surface area contributed by atoms with Gasteiger partial charge in [-0.3, -0.25) is 14.4 Å². The smallest absolute Gasteiger partial charge is 0.306 e. The average Bonchev–Trinajstić information content (AvgIpc) is 3.47. The molecule has 448 valence electrons. The Morgan fingerprint density at radius 1 is 0.247 bits per heavy atom. The summed E-state index contributed by atoms with van der Waals surface area (Å²) in [6.45, 7) is 6.17. The highest BCUT2D eigenvalue weighted by molar-refractivity contribution is 5.71. The molecule has 1 atom stereocenters. The fraction of sp³-hybridized carbons (Fsp3) is 0.507. The number of ether oxygens (including phenoxy) is 3. The molecule has 0 aliphatic heterocycles. The van der Waals surface area contributed by atoms with Gasteiger partial charge in [-0.2, -0.15) is 0 Å². The highest BCUT2D eigenvalue weighted by Crippen LogP contribution is 2.12. The third kappa shape index (κ3) is 64.7. The summed E-state index contributed by atoms with van der Waals surface area (Å²) in [4.78, 5) is 38.3. The Hall–Kier alpha value is -6.01. The fourth-order valence-electron chi connectivity index (χ4n) is 7.67. The van der Waals surface area contributed by atoms with Gasteiger partial charge in [-0.1, -0.05) is 259 Å². The number of rotatable bonds is 54. The standard InChI is InChI=1S/C75H112O6/c1-4-7-10-13-16-19-22-25-28-31-32-33-34-35-36-37-38-39-40-41-42-45-47-50-53-56-59-62-65-68-74(77)80-71-72(81-75(78)69-66-63-60-57-54-51-48-44-30-27-24-21-18-15-12-9-6-3)70-79-73(76)67-64-61-58-55-52-49-46-43-29-26-23-20-17-14-11-8-5-2/h7-12,16-21,25-30,32-33,35-36,38-39,41-42,46,48-49,51,55,57-58,60,72H,4-6,13-15,22-24,31,34,37,40,43-45,47,50,52-54,56,59,61-71H2,1-3H3/b10-7-,11-8-,12-9-,19-16-,20-17-,21-18-,28-25-,29-26-,30-27-,33-32-,36-35-,39-38-,42-41-,49-46-,51-48-,58-55-,60-57-. The highest BCUT2D eigenvalue weighted by Gasteiger charge is 2.19. The van der Waals surface area contributed by atoms with Crippen LogP contribution in [-0.4, -0.2) is 37.2 Å². The topological polar surface area (TPSA) is 78.9 Å². The van der Waals surface area contributed by atoms with E-state index in [1.54, 1.807) is 0 Å². The molecule has 0 saturated heterocycles. The van der Waals surface area contributed by atoms with Crippen LogP contribution in [0.4, 0.5) is 0 Å². The van der Waals surface area contributed by atoms with E-state index in [2.05, 4.69) is 227 Å². The van der Waals surface area contributed by atoms with Crippen LogP contribution in [0.2, 0.25) is 0 Å². The number of carbonyl (C=O) groups is 3. The molecule has 0 aromatic rings. The fourth-order valence-corrected chi connectivity index (χ4v) is 7.67. The van der Waals surface area contributed by atoms with Crippen molar-refractivity contribution in [2.45, 2.75) is 232 Å². The summed E-state index contributed by atoms with van der Waals surface area (Å²) < 4.78 is 16.8. The van der Waals surface area contributed by atoms with Gasteiger partial charge in [0.15, 0.2) is 6.10 Å². The Morgan fingerprint density at radius 2 is 0.457 bits per heavy atom. The molecular formula is C75H112O6. The maximum absolute atomic E-state index is 12.9. The third-order valence-corrected chi connectivity index (χ3v) is 12.3. The first kappa shape index (κ1) is 75.0. The van der Waals surface area contributed by atoms with Crippen LogP contribution in [0.25, 0.3) is 0 Å². The van der Waals surface area contributed by atoms with E-state index >= 15 is 0 Å². The van der Waals surface area contributed by atoms with E-state index in [0.717, 1.165) is 154 Å². The summed E-state index contributed by atoms with van der Waals surface area (Å²) in [6, 6.07) is 0. The summed E-state index contributed by atoms with van der Waals surface area (Å²) in [5.41, 5.74) is 0. The van der Waals surface area contributed by atoms with E-state index in [0.29, 0.717) is 19.3 Å². The van der Waals surface area contributed by atoms with Crippen LogP contribution in [0.1, 0.15) is 226 Å². The first-order chi connectivity index (χ1) is 40.0. The van der Waals surface area contributed by atoms with Crippen molar-refractivity contribution >= 4 is 17.9 Å². The van der Waals surface area contributed by atoms with Crippen molar-refractivity contribution in [3.05, 3.63) is 207 Å². The van der Waals surface area contributed by atoms with Crippen LogP contribution in [-0.2, 0) is 28.6 Å². The Morgan fingerprint density at radius 3 is 0.741 bits per heavy atom. The van der Waals surface area contributed by atoms with Crippen molar-refractivity contribution in [2.24, 2.45) is 0 Å². The van der Waals surface area contributed by atoms with Gasteiger partial charge in [0.2, 0.25) is 0 Å². The van der Waals surface area contributed by atoms with Crippen LogP contribution in [0.5, 0.6) is 0 Å². The van der Waals surface area contributed by atoms with Crippen molar-refractivity contribution in [1.29, 1.82) is 0 Å². The van der Waals surface area contributed by atoms with E-state index in [4.69, 9.17) is 14.2 Å². The molecule has 0 heterocycles. The molecule has 0 saturated carbocycles. The van der Waals surface area contributed by atoms with Crippen LogP contribution in [0, 0.1) is 0 Å². The molecule has 0 aliphatic rings. The molecule has 6 nitrogen and oxygen atoms in total. The molecule has 0 bridgehead atoms. The molecule has 0 spiro atoms. The number of hydrogen-bond acceptors (Lipinski definition) is 6. The van der Waals surface area contributed by atoms with Crippen LogP contribution in [0.3, 0.4) is 0 Å². The van der Waals surface area contributed by atoms with E-state index in [1.165, 1.54) is 19.3 Å². The Labute approximate surface area is 496 Å². The molecule has 81 heavy (non-hydrogen) atoms. The van der Waals surface area contributed by atoms with E-state index in [1.807, 2.05) is 0 Å². The van der Waals surface area contributed by atoms with Crippen molar-refractivity contribution in [3.8, 4) is 0 Å². The van der Waals surface area contributed by atoms with Crippen LogP contribution in [0.15, 0.2) is 207 Å². The quantitative estimate of drug-likeness (QED) is 0.0261. The van der Waals surface area contributed by atoms with E-state index in [9.17, 15) is 14.4 Å². The predicted molar refractivity (Wildman–Crippen MR) is 352 cm³/mol. The zero-order chi connectivity index (χ0) is 58.5. The molecule has 0 amide bonds. The molecule has 0 aliphatic carbocycles. The molecule has 1 unspecified atom stereocenters. The van der Waals surface area contributed by atoms with Gasteiger partial charge in [-0.25, -0.2) is 0 Å². The third-order valence-electron chi connectivity index (χ3n) is 12.3. The molecule has 0 radical (unpaired) electrons. The lowest BCUT2D eigenvalue weighted by Gasteiger charge is -2.18. The second-order valence-corrected chi connectivity index (χ2v) is 19.8. The van der Waals surface area contributed by atoms with Crippen LogP contribution >= 0.6 is 0 Å². The monoisotopic (exact) mass is 1110 g/mol. The maximum atomic E-state index is 12.9. The van der Waals surface area contributed by atoms with Gasteiger partial charge in [-0.15, -0.1) is 0 Å². The average molecular weight is 1110 g/mol. The molecular weight excluding hydrogens is 997 g/mol. The van der Waals surface area contributed by atoms with Crippen LogP contribution < -0.4 is 0 Å². The Balaban J connectivity index is 4.53. The minimum atomic E-state index is -0.850.